The number of amides is 1. The SMILES string of the molecule is CCc1c(C)c2ccc(NC(=O)c3cnn(-c4ccccc4)n3)cc2[nH]c1=O. The summed E-state index contributed by atoms with van der Waals surface area (Å²) in [6.45, 7) is 3.90. The first-order valence-electron chi connectivity index (χ1n) is 9.01. The second kappa shape index (κ2) is 7.11. The highest BCUT2D eigenvalue weighted by molar-refractivity contribution is 6.03. The Morgan fingerprint density at radius 2 is 1.96 bits per heavy atom. The number of carbonyl (C=O) groups is 1. The van der Waals surface area contributed by atoms with Crippen LogP contribution >= 0.6 is 0 Å². The largest absolute Gasteiger partial charge is 0.322 e. The van der Waals surface area contributed by atoms with Crippen molar-refractivity contribution in [1.29, 1.82) is 0 Å². The van der Waals surface area contributed by atoms with Crippen molar-refractivity contribution in [3.05, 3.63) is 81.9 Å². The molecule has 4 rings (SSSR count). The number of anilines is 1. The van der Waals surface area contributed by atoms with Gasteiger partial charge < -0.3 is 10.3 Å². The molecule has 2 N–H and O–H groups in total. The molecular weight excluding hydrogens is 354 g/mol. The lowest BCUT2D eigenvalue weighted by molar-refractivity contribution is 0.102. The van der Waals surface area contributed by atoms with E-state index >= 15 is 0 Å². The van der Waals surface area contributed by atoms with E-state index in [1.165, 1.54) is 11.0 Å². The Hall–Kier alpha value is -3.74. The van der Waals surface area contributed by atoms with Crippen molar-refractivity contribution in [2.24, 2.45) is 0 Å². The van der Waals surface area contributed by atoms with Gasteiger partial charge in [-0.2, -0.15) is 9.90 Å². The molecule has 0 atom stereocenters. The number of para-hydroxylation sites is 1. The molecule has 140 valence electrons. The molecule has 0 saturated carbocycles. The molecule has 7 heteroatoms. The van der Waals surface area contributed by atoms with Crippen molar-refractivity contribution >= 4 is 22.5 Å². The fraction of sp³-hybridized carbons (Fsp3) is 0.143. The summed E-state index contributed by atoms with van der Waals surface area (Å²) < 4.78 is 0. The van der Waals surface area contributed by atoms with Gasteiger partial charge in [0.15, 0.2) is 5.69 Å². The number of H-pyrrole nitrogens is 1. The lowest BCUT2D eigenvalue weighted by Gasteiger charge is -2.09. The number of aromatic nitrogens is 4. The van der Waals surface area contributed by atoms with Gasteiger partial charge in [-0.1, -0.05) is 31.2 Å². The Bertz CT molecular complexity index is 1220. The molecule has 2 aromatic heterocycles. The molecule has 2 heterocycles. The first-order chi connectivity index (χ1) is 13.6. The maximum absolute atomic E-state index is 12.5. The fourth-order valence-electron chi connectivity index (χ4n) is 3.26. The van der Waals surface area contributed by atoms with Crippen LogP contribution in [0.5, 0.6) is 0 Å². The van der Waals surface area contributed by atoms with Gasteiger partial charge in [-0.05, 0) is 43.2 Å². The molecule has 0 radical (unpaired) electrons. The minimum absolute atomic E-state index is 0.0956. The minimum atomic E-state index is -0.370. The third-order valence-electron chi connectivity index (χ3n) is 4.72. The van der Waals surface area contributed by atoms with E-state index in [9.17, 15) is 9.59 Å². The standard InChI is InChI=1S/C21H19N5O2/c1-3-16-13(2)17-10-9-14(11-18(17)24-20(16)27)23-21(28)19-12-22-26(25-19)15-7-5-4-6-8-15/h4-12H,3H2,1-2H3,(H,23,28)(H,24,27). The summed E-state index contributed by atoms with van der Waals surface area (Å²) in [7, 11) is 0. The summed E-state index contributed by atoms with van der Waals surface area (Å²) in [6, 6.07) is 14.8. The first kappa shape index (κ1) is 17.7. The van der Waals surface area contributed by atoms with Crippen LogP contribution in [0.4, 0.5) is 5.69 Å². The lowest BCUT2D eigenvalue weighted by Crippen LogP contribution is -2.15. The third-order valence-corrected chi connectivity index (χ3v) is 4.72. The number of aromatic amines is 1. The van der Waals surface area contributed by atoms with Crippen molar-refractivity contribution in [3.63, 3.8) is 0 Å². The van der Waals surface area contributed by atoms with E-state index in [0.29, 0.717) is 17.6 Å². The van der Waals surface area contributed by atoms with Gasteiger partial charge in [-0.3, -0.25) is 9.59 Å². The van der Waals surface area contributed by atoms with Gasteiger partial charge in [0.1, 0.15) is 0 Å². The Labute approximate surface area is 161 Å². The average Bonchev–Trinajstić information content (AvgIpc) is 3.19. The maximum atomic E-state index is 12.5. The molecule has 0 saturated heterocycles. The van der Waals surface area contributed by atoms with Gasteiger partial charge in [0, 0.05) is 16.6 Å². The minimum Gasteiger partial charge on any atom is -0.322 e. The smallest absolute Gasteiger partial charge is 0.277 e. The van der Waals surface area contributed by atoms with E-state index in [-0.39, 0.29) is 17.2 Å². The van der Waals surface area contributed by atoms with Gasteiger partial charge >= 0.3 is 0 Å². The average molecular weight is 373 g/mol. The molecule has 0 spiro atoms. The Balaban J connectivity index is 1.61. The van der Waals surface area contributed by atoms with Crippen molar-refractivity contribution in [2.75, 3.05) is 5.32 Å². The predicted octanol–water partition coefficient (Wildman–Crippen LogP) is 3.23. The molecule has 1 amide bonds. The highest BCUT2D eigenvalue weighted by Gasteiger charge is 2.13. The van der Waals surface area contributed by atoms with Crippen LogP contribution < -0.4 is 10.9 Å². The zero-order valence-electron chi connectivity index (χ0n) is 15.6. The number of pyridine rings is 1. The Morgan fingerprint density at radius 1 is 1.18 bits per heavy atom. The summed E-state index contributed by atoms with van der Waals surface area (Å²) in [6.07, 6.45) is 2.09. The van der Waals surface area contributed by atoms with E-state index in [1.54, 1.807) is 6.07 Å². The highest BCUT2D eigenvalue weighted by Crippen LogP contribution is 2.22. The molecule has 7 nitrogen and oxygen atoms in total. The number of rotatable bonds is 4. The third kappa shape index (κ3) is 3.18. The second-order valence-corrected chi connectivity index (χ2v) is 6.48. The molecule has 2 aromatic carbocycles. The number of nitrogens with zero attached hydrogens (tertiary/aromatic N) is 3. The number of aryl methyl sites for hydroxylation is 1. The van der Waals surface area contributed by atoms with E-state index < -0.39 is 0 Å². The summed E-state index contributed by atoms with van der Waals surface area (Å²) in [5.41, 5.74) is 3.88. The van der Waals surface area contributed by atoms with Crippen molar-refractivity contribution in [3.8, 4) is 5.69 Å². The van der Waals surface area contributed by atoms with E-state index in [0.717, 1.165) is 22.2 Å². The van der Waals surface area contributed by atoms with Crippen molar-refractivity contribution in [2.45, 2.75) is 20.3 Å². The highest BCUT2D eigenvalue weighted by atomic mass is 16.2. The zero-order chi connectivity index (χ0) is 19.7. The summed E-state index contributed by atoms with van der Waals surface area (Å²) in [5.74, 6) is -0.370. The molecule has 28 heavy (non-hydrogen) atoms. The van der Waals surface area contributed by atoms with Crippen molar-refractivity contribution in [1.82, 2.24) is 20.0 Å². The number of benzene rings is 2. The zero-order valence-corrected chi connectivity index (χ0v) is 15.6. The normalized spacial score (nSPS) is 10.9. The second-order valence-electron chi connectivity index (χ2n) is 6.48. The van der Waals surface area contributed by atoms with E-state index in [1.807, 2.05) is 56.3 Å². The van der Waals surface area contributed by atoms with Gasteiger partial charge in [0.05, 0.1) is 17.4 Å². The number of fused-ring (bicyclic) bond motifs is 1. The number of hydrogen-bond donors (Lipinski definition) is 2. The van der Waals surface area contributed by atoms with Gasteiger partial charge in [-0.15, -0.1) is 5.10 Å². The molecular formula is C21H19N5O2. The molecule has 0 unspecified atom stereocenters. The summed E-state index contributed by atoms with van der Waals surface area (Å²) in [4.78, 5) is 29.0. The van der Waals surface area contributed by atoms with Gasteiger partial charge in [0.2, 0.25) is 0 Å². The molecule has 0 aliphatic rings. The van der Waals surface area contributed by atoms with Crippen LogP contribution in [0.1, 0.15) is 28.5 Å². The van der Waals surface area contributed by atoms with Crippen LogP contribution in [0.2, 0.25) is 0 Å². The summed E-state index contributed by atoms with van der Waals surface area (Å²) >= 11 is 0. The van der Waals surface area contributed by atoms with Gasteiger partial charge in [0.25, 0.3) is 11.5 Å². The number of hydrogen-bond acceptors (Lipinski definition) is 4. The maximum Gasteiger partial charge on any atom is 0.277 e. The van der Waals surface area contributed by atoms with E-state index in [2.05, 4.69) is 20.5 Å². The predicted molar refractivity (Wildman–Crippen MR) is 108 cm³/mol. The summed E-state index contributed by atoms with van der Waals surface area (Å²) in [5, 5.41) is 12.1. The van der Waals surface area contributed by atoms with Crippen LogP contribution in [0.15, 0.2) is 59.5 Å². The van der Waals surface area contributed by atoms with Crippen LogP contribution in [0.3, 0.4) is 0 Å². The molecule has 4 aromatic rings. The number of nitrogens with one attached hydrogen (secondary N) is 2. The monoisotopic (exact) mass is 373 g/mol. The van der Waals surface area contributed by atoms with Crippen LogP contribution in [-0.2, 0) is 6.42 Å². The quantitative estimate of drug-likeness (QED) is 0.574. The molecule has 0 bridgehead atoms. The van der Waals surface area contributed by atoms with Crippen LogP contribution in [-0.4, -0.2) is 25.9 Å². The van der Waals surface area contributed by atoms with Crippen LogP contribution in [0, 0.1) is 6.92 Å². The first-order valence-corrected chi connectivity index (χ1v) is 9.01. The fourth-order valence-corrected chi connectivity index (χ4v) is 3.26. The molecule has 0 aliphatic heterocycles. The molecule has 0 fully saturated rings. The van der Waals surface area contributed by atoms with Gasteiger partial charge in [-0.25, -0.2) is 0 Å². The van der Waals surface area contributed by atoms with Crippen molar-refractivity contribution < 1.29 is 4.79 Å². The topological polar surface area (TPSA) is 92.7 Å². The number of carbonyl (C=O) groups excluding carboxylic acids is 1. The molecule has 0 aliphatic carbocycles. The lowest BCUT2D eigenvalue weighted by atomic mass is 10.0. The van der Waals surface area contributed by atoms with Crippen LogP contribution in [0.25, 0.3) is 16.6 Å². The Kier molecular flexibility index (Phi) is 4.49. The van der Waals surface area contributed by atoms with E-state index in [4.69, 9.17) is 0 Å². The Morgan fingerprint density at radius 3 is 2.71 bits per heavy atom.